The number of fused-ring (bicyclic) bond motifs is 1. The van der Waals surface area contributed by atoms with E-state index in [1.54, 1.807) is 48.5 Å². The molecule has 0 spiro atoms. The highest BCUT2D eigenvalue weighted by atomic mass is 32.2. The molecule has 2 atom stereocenters. The number of morpholine rings is 1. The number of carbonyl (C=O) groups excluding carboxylic acids is 3. The van der Waals surface area contributed by atoms with Crippen molar-refractivity contribution in [2.24, 2.45) is 0 Å². The molecule has 0 aliphatic carbocycles. The highest BCUT2D eigenvalue weighted by Gasteiger charge is 2.34. The summed E-state index contributed by atoms with van der Waals surface area (Å²) in [7, 11) is -6.23. The molecule has 1 aliphatic heterocycles. The molecule has 0 bridgehead atoms. The lowest BCUT2D eigenvalue weighted by atomic mass is 10.1. The zero-order chi connectivity index (χ0) is 31.9. The Balaban J connectivity index is 1.60. The summed E-state index contributed by atoms with van der Waals surface area (Å²) in [6.45, 7) is 0.981. The molecule has 1 aliphatic rings. The van der Waals surface area contributed by atoms with Gasteiger partial charge in [0, 0.05) is 24.9 Å². The summed E-state index contributed by atoms with van der Waals surface area (Å²) < 4.78 is 66.7. The highest BCUT2D eigenvalue weighted by Crippen LogP contribution is 2.21. The summed E-state index contributed by atoms with van der Waals surface area (Å²) >= 11 is 0. The first-order valence-electron chi connectivity index (χ1n) is 13.7. The minimum atomic E-state index is -4.06. The molecule has 0 radical (unpaired) electrons. The number of Topliss-reactive ketones (excluding diaryl/α,β-unsaturated/α-hetero) is 1. The average molecular weight is 651 g/mol. The number of hydrogen-bond donors (Lipinski definition) is 2. The molecule has 2 heterocycles. The van der Waals surface area contributed by atoms with Crippen LogP contribution in [0.2, 0.25) is 0 Å². The third kappa shape index (κ3) is 9.00. The fourth-order valence-electron chi connectivity index (χ4n) is 4.56. The molecule has 238 valence electrons. The lowest BCUT2D eigenvalue weighted by molar-refractivity contribution is -0.123. The predicted molar refractivity (Wildman–Crippen MR) is 160 cm³/mol. The molecule has 3 aromatic rings. The average Bonchev–Trinajstić information content (AvgIpc) is 3.43. The van der Waals surface area contributed by atoms with E-state index in [0.29, 0.717) is 22.4 Å². The minimum Gasteiger partial charge on any atom is -0.496 e. The Bertz CT molecular complexity index is 1680. The number of para-hydroxylation sites is 3. The van der Waals surface area contributed by atoms with Gasteiger partial charge < -0.3 is 29.4 Å². The van der Waals surface area contributed by atoms with Crippen molar-refractivity contribution in [1.29, 1.82) is 0 Å². The van der Waals surface area contributed by atoms with Crippen LogP contribution in [0.1, 0.15) is 22.7 Å². The standard InChI is InChI=1S/C28H34N4O10S2/c1-40-23-9-5-3-7-19(23)17-44(38,39)18-22(31-28(35)32-12-14-41-15-13-32)26(34)29-21(11-16-43(2,36)37)25(33)27-30-20-8-4-6-10-24(20)42-27/h3-10,21-22H,11-18H2,1-2H3,(H,29,34)(H,31,35)/t21-,22-/m0/s1. The van der Waals surface area contributed by atoms with Gasteiger partial charge in [-0.3, -0.25) is 9.59 Å². The van der Waals surface area contributed by atoms with Crippen molar-refractivity contribution in [1.82, 2.24) is 20.5 Å². The van der Waals surface area contributed by atoms with Gasteiger partial charge in [-0.05, 0) is 24.6 Å². The third-order valence-corrected chi connectivity index (χ3v) is 9.39. The number of nitrogens with one attached hydrogen (secondary N) is 2. The number of urea groups is 1. The molecule has 16 heteroatoms. The van der Waals surface area contributed by atoms with Gasteiger partial charge >= 0.3 is 6.03 Å². The summed E-state index contributed by atoms with van der Waals surface area (Å²) in [5.41, 5.74) is 1.04. The minimum absolute atomic E-state index is 0.224. The van der Waals surface area contributed by atoms with Crippen LogP contribution in [0.25, 0.3) is 11.1 Å². The number of amides is 3. The van der Waals surface area contributed by atoms with E-state index >= 15 is 0 Å². The van der Waals surface area contributed by atoms with Crippen LogP contribution in [-0.2, 0) is 35.0 Å². The zero-order valence-electron chi connectivity index (χ0n) is 24.2. The van der Waals surface area contributed by atoms with Gasteiger partial charge in [0.1, 0.15) is 27.1 Å². The van der Waals surface area contributed by atoms with Gasteiger partial charge in [-0.25, -0.2) is 26.6 Å². The van der Waals surface area contributed by atoms with Crippen LogP contribution in [0.3, 0.4) is 0 Å². The number of ether oxygens (including phenoxy) is 2. The third-order valence-electron chi connectivity index (χ3n) is 6.82. The maximum Gasteiger partial charge on any atom is 0.318 e. The van der Waals surface area contributed by atoms with Crippen LogP contribution in [-0.4, -0.2) is 108 Å². The Kier molecular flexibility index (Phi) is 10.6. The lowest BCUT2D eigenvalue weighted by Crippen LogP contribution is -2.57. The maximum absolute atomic E-state index is 13.6. The molecule has 1 fully saturated rings. The largest absolute Gasteiger partial charge is 0.496 e. The first-order chi connectivity index (χ1) is 20.8. The fraction of sp³-hybridized carbons (Fsp3) is 0.429. The molecule has 3 amide bonds. The zero-order valence-corrected chi connectivity index (χ0v) is 25.9. The molecular formula is C28H34N4O10S2. The summed E-state index contributed by atoms with van der Waals surface area (Å²) in [5.74, 6) is -3.62. The highest BCUT2D eigenvalue weighted by molar-refractivity contribution is 7.90. The first-order valence-corrected chi connectivity index (χ1v) is 17.6. The Labute approximate surface area is 254 Å². The number of benzene rings is 2. The van der Waals surface area contributed by atoms with Gasteiger partial charge in [0.15, 0.2) is 15.4 Å². The Morgan fingerprint density at radius 1 is 0.977 bits per heavy atom. The molecule has 0 saturated carbocycles. The van der Waals surface area contributed by atoms with Crippen molar-refractivity contribution in [2.45, 2.75) is 24.3 Å². The van der Waals surface area contributed by atoms with Crippen LogP contribution >= 0.6 is 0 Å². The first kappa shape index (κ1) is 32.9. The van der Waals surface area contributed by atoms with E-state index in [2.05, 4.69) is 15.6 Å². The van der Waals surface area contributed by atoms with Crippen LogP contribution in [0.15, 0.2) is 52.9 Å². The van der Waals surface area contributed by atoms with Gasteiger partial charge in [-0.15, -0.1) is 0 Å². The van der Waals surface area contributed by atoms with Crippen LogP contribution in [0.4, 0.5) is 4.79 Å². The van der Waals surface area contributed by atoms with Crippen molar-refractivity contribution in [3.05, 3.63) is 60.0 Å². The van der Waals surface area contributed by atoms with E-state index in [1.165, 1.54) is 12.0 Å². The Morgan fingerprint density at radius 2 is 1.66 bits per heavy atom. The number of oxazole rings is 1. The van der Waals surface area contributed by atoms with Crippen molar-refractivity contribution in [2.75, 3.05) is 51.2 Å². The van der Waals surface area contributed by atoms with Gasteiger partial charge in [-0.2, -0.15) is 0 Å². The molecule has 1 saturated heterocycles. The number of aromatic nitrogens is 1. The summed E-state index contributed by atoms with van der Waals surface area (Å²) in [5, 5.41) is 4.92. The number of rotatable bonds is 13. The lowest BCUT2D eigenvalue weighted by Gasteiger charge is -2.29. The van der Waals surface area contributed by atoms with E-state index in [-0.39, 0.29) is 38.6 Å². The molecule has 1 aromatic heterocycles. The van der Waals surface area contributed by atoms with Gasteiger partial charge in [0.2, 0.25) is 11.7 Å². The van der Waals surface area contributed by atoms with Crippen LogP contribution in [0, 0.1) is 0 Å². The van der Waals surface area contributed by atoms with Crippen molar-refractivity contribution in [3.63, 3.8) is 0 Å². The Hall–Kier alpha value is -4.02. The van der Waals surface area contributed by atoms with Crippen molar-refractivity contribution >= 4 is 48.5 Å². The Morgan fingerprint density at radius 3 is 2.34 bits per heavy atom. The second-order valence-electron chi connectivity index (χ2n) is 10.3. The number of ketones is 1. The summed E-state index contributed by atoms with van der Waals surface area (Å²) in [6.07, 6.45) is 0.631. The van der Waals surface area contributed by atoms with E-state index in [1.807, 2.05) is 0 Å². The second-order valence-corrected chi connectivity index (χ2v) is 14.7. The van der Waals surface area contributed by atoms with E-state index in [4.69, 9.17) is 13.9 Å². The summed E-state index contributed by atoms with van der Waals surface area (Å²) in [4.78, 5) is 45.7. The molecule has 14 nitrogen and oxygen atoms in total. The maximum atomic E-state index is 13.6. The number of nitrogens with zero attached hydrogens (tertiary/aromatic N) is 2. The van der Waals surface area contributed by atoms with E-state index < -0.39 is 66.7 Å². The number of sulfone groups is 2. The van der Waals surface area contributed by atoms with E-state index in [0.717, 1.165) is 6.26 Å². The number of methoxy groups -OCH3 is 1. The molecule has 4 rings (SSSR count). The number of carbonyl (C=O) groups is 3. The van der Waals surface area contributed by atoms with Crippen molar-refractivity contribution in [3.8, 4) is 5.75 Å². The molecular weight excluding hydrogens is 616 g/mol. The number of hydrogen-bond acceptors (Lipinski definition) is 11. The molecule has 44 heavy (non-hydrogen) atoms. The topological polar surface area (TPSA) is 191 Å². The SMILES string of the molecule is COc1ccccc1CS(=O)(=O)C[C@H](NC(=O)N1CCOCC1)C(=O)N[C@@H](CCS(C)(=O)=O)C(=O)c1nc2ccccc2o1. The van der Waals surface area contributed by atoms with Gasteiger partial charge in [0.05, 0.1) is 43.6 Å². The monoisotopic (exact) mass is 650 g/mol. The van der Waals surface area contributed by atoms with Crippen molar-refractivity contribution < 1.29 is 45.1 Å². The van der Waals surface area contributed by atoms with Crippen LogP contribution in [0.5, 0.6) is 5.75 Å². The molecule has 2 N–H and O–H groups in total. The van der Waals surface area contributed by atoms with E-state index in [9.17, 15) is 31.2 Å². The normalized spacial score (nSPS) is 15.4. The van der Waals surface area contributed by atoms with Gasteiger partial charge in [0.25, 0.3) is 5.89 Å². The second kappa shape index (κ2) is 14.2. The molecule has 2 aromatic carbocycles. The fourth-order valence-corrected chi connectivity index (χ4v) is 6.80. The predicted octanol–water partition coefficient (Wildman–Crippen LogP) is 0.964. The van der Waals surface area contributed by atoms with Crippen LogP contribution < -0.4 is 15.4 Å². The summed E-state index contributed by atoms with van der Waals surface area (Å²) in [6, 6.07) is 9.27. The molecule has 0 unspecified atom stereocenters. The van der Waals surface area contributed by atoms with Gasteiger partial charge in [-0.1, -0.05) is 30.3 Å². The smallest absolute Gasteiger partial charge is 0.318 e. The quantitative estimate of drug-likeness (QED) is 0.251.